The van der Waals surface area contributed by atoms with Crippen LogP contribution in [0.1, 0.15) is 19.8 Å². The summed E-state index contributed by atoms with van der Waals surface area (Å²) in [7, 11) is -2.99. The second-order valence-electron chi connectivity index (χ2n) is 3.94. The monoisotopic (exact) mass is 236 g/mol. The van der Waals surface area contributed by atoms with Crippen LogP contribution in [0.25, 0.3) is 0 Å². The van der Waals surface area contributed by atoms with Crippen molar-refractivity contribution in [1.82, 2.24) is 0 Å². The molecule has 0 aliphatic carbocycles. The average Bonchev–Trinajstić information content (AvgIpc) is 1.98. The fraction of sp³-hybridized carbons (Fsp3) is 1.00. The van der Waals surface area contributed by atoms with E-state index in [1.165, 1.54) is 18.9 Å². The zero-order chi connectivity index (χ0) is 10.3. The third-order valence-electron chi connectivity index (χ3n) is 1.64. The summed E-state index contributed by atoms with van der Waals surface area (Å²) in [5, 5.41) is 0. The molecule has 0 spiro atoms. The Balaban J connectivity index is 3.73. The number of hydrogen-bond acceptors (Lipinski definition) is 2. The molecule has 0 bridgehead atoms. The molecular weight excluding hydrogens is 212 g/mol. The van der Waals surface area contributed by atoms with Gasteiger partial charge in [-0.1, -0.05) is 19.8 Å². The lowest BCUT2D eigenvalue weighted by Gasteiger charge is -2.21. The van der Waals surface area contributed by atoms with Gasteiger partial charge in [0.2, 0.25) is 0 Å². The summed E-state index contributed by atoms with van der Waals surface area (Å²) in [4.78, 5) is 0. The Morgan fingerprint density at radius 2 is 1.38 bits per heavy atom. The first-order chi connectivity index (χ1) is 6.06. The van der Waals surface area contributed by atoms with E-state index in [0.29, 0.717) is 0 Å². The van der Waals surface area contributed by atoms with E-state index in [-0.39, 0.29) is 0 Å². The summed E-state index contributed by atoms with van der Waals surface area (Å²) in [5.74, 6) is 0. The summed E-state index contributed by atoms with van der Waals surface area (Å²) in [6.45, 7) is 11.2. The van der Waals surface area contributed by atoms with Crippen molar-refractivity contribution in [3.8, 4) is 0 Å². The SMILES string of the molecule is CCCC[SiH](O[SiH](C)C)O[SiH](C)C. The molecule has 0 rings (SSSR count). The molecule has 0 aromatic rings. The Labute approximate surface area is 87.9 Å². The molecule has 80 valence electrons. The molecule has 0 saturated carbocycles. The van der Waals surface area contributed by atoms with Crippen LogP contribution in [0.15, 0.2) is 0 Å². The standard InChI is InChI=1S/C8H24O2Si3/c1-6-7-8-13(9-11(2)3)10-12(4)5/h11-13H,6-8H2,1-5H3. The molecule has 0 unspecified atom stereocenters. The maximum absolute atomic E-state index is 5.95. The van der Waals surface area contributed by atoms with Crippen molar-refractivity contribution in [2.45, 2.75) is 52.0 Å². The van der Waals surface area contributed by atoms with Gasteiger partial charge in [0.15, 0.2) is 18.1 Å². The van der Waals surface area contributed by atoms with Crippen molar-refractivity contribution in [3.63, 3.8) is 0 Å². The van der Waals surface area contributed by atoms with Crippen LogP contribution in [-0.2, 0) is 8.23 Å². The van der Waals surface area contributed by atoms with E-state index >= 15 is 0 Å². The Morgan fingerprint density at radius 3 is 1.69 bits per heavy atom. The summed E-state index contributed by atoms with van der Waals surface area (Å²) in [6.07, 6.45) is 2.54. The Morgan fingerprint density at radius 1 is 0.923 bits per heavy atom. The number of hydrogen-bond donors (Lipinski definition) is 0. The second-order valence-corrected chi connectivity index (χ2v) is 11.8. The summed E-state index contributed by atoms with van der Waals surface area (Å²) in [6, 6.07) is 1.22. The molecule has 0 aliphatic rings. The molecule has 0 saturated heterocycles. The minimum atomic E-state index is -1.24. The van der Waals surface area contributed by atoms with E-state index in [4.69, 9.17) is 8.23 Å². The van der Waals surface area contributed by atoms with Crippen LogP contribution in [0, 0.1) is 0 Å². The first kappa shape index (κ1) is 13.6. The average molecular weight is 237 g/mol. The summed E-state index contributed by atoms with van der Waals surface area (Å²) >= 11 is 0. The van der Waals surface area contributed by atoms with Crippen molar-refractivity contribution in [3.05, 3.63) is 0 Å². The third kappa shape index (κ3) is 8.89. The van der Waals surface area contributed by atoms with E-state index in [1.54, 1.807) is 0 Å². The minimum Gasteiger partial charge on any atom is -0.441 e. The van der Waals surface area contributed by atoms with E-state index in [2.05, 4.69) is 33.1 Å². The van der Waals surface area contributed by atoms with Gasteiger partial charge in [-0.05, 0) is 32.2 Å². The van der Waals surface area contributed by atoms with E-state index in [0.717, 1.165) is 0 Å². The molecule has 2 nitrogen and oxygen atoms in total. The summed E-state index contributed by atoms with van der Waals surface area (Å²) < 4.78 is 11.9. The zero-order valence-corrected chi connectivity index (χ0v) is 13.1. The van der Waals surface area contributed by atoms with Gasteiger partial charge in [0.1, 0.15) is 0 Å². The smallest absolute Gasteiger partial charge is 0.300 e. The fourth-order valence-corrected chi connectivity index (χ4v) is 8.67. The van der Waals surface area contributed by atoms with Crippen LogP contribution in [0.2, 0.25) is 32.2 Å². The van der Waals surface area contributed by atoms with E-state index in [1.807, 2.05) is 0 Å². The molecule has 0 atom stereocenters. The van der Waals surface area contributed by atoms with Crippen molar-refractivity contribution in [1.29, 1.82) is 0 Å². The molecule has 0 N–H and O–H groups in total. The Kier molecular flexibility index (Phi) is 8.28. The van der Waals surface area contributed by atoms with Crippen LogP contribution in [-0.4, -0.2) is 27.4 Å². The predicted molar refractivity (Wildman–Crippen MR) is 66.8 cm³/mol. The molecule has 0 radical (unpaired) electrons. The predicted octanol–water partition coefficient (Wildman–Crippen LogP) is 2.01. The molecule has 0 aromatic carbocycles. The lowest BCUT2D eigenvalue weighted by Crippen LogP contribution is -2.32. The molecule has 5 heteroatoms. The van der Waals surface area contributed by atoms with Crippen molar-refractivity contribution >= 4 is 27.4 Å². The van der Waals surface area contributed by atoms with E-state index in [9.17, 15) is 0 Å². The zero-order valence-electron chi connectivity index (χ0n) is 9.67. The quantitative estimate of drug-likeness (QED) is 0.630. The van der Waals surface area contributed by atoms with Gasteiger partial charge in [0.05, 0.1) is 0 Å². The van der Waals surface area contributed by atoms with Gasteiger partial charge in [-0.3, -0.25) is 0 Å². The molecule has 0 fully saturated rings. The highest BCUT2D eigenvalue weighted by atomic mass is 28.4. The Hall–Kier alpha value is 0.571. The first-order valence-corrected chi connectivity index (χ1v) is 12.7. The largest absolute Gasteiger partial charge is 0.441 e. The van der Waals surface area contributed by atoms with Crippen molar-refractivity contribution in [2.75, 3.05) is 0 Å². The molecule has 13 heavy (non-hydrogen) atoms. The van der Waals surface area contributed by atoms with Crippen LogP contribution in [0.5, 0.6) is 0 Å². The van der Waals surface area contributed by atoms with Crippen molar-refractivity contribution < 1.29 is 8.23 Å². The lowest BCUT2D eigenvalue weighted by atomic mass is 10.4. The van der Waals surface area contributed by atoms with Gasteiger partial charge in [0, 0.05) is 0 Å². The minimum absolute atomic E-state index is 0.871. The molecule has 0 heterocycles. The first-order valence-electron chi connectivity index (χ1n) is 5.37. The maximum Gasteiger partial charge on any atom is 0.300 e. The van der Waals surface area contributed by atoms with Gasteiger partial charge >= 0.3 is 0 Å². The topological polar surface area (TPSA) is 18.5 Å². The normalized spacial score (nSPS) is 12.0. The Bertz CT molecular complexity index is 110. The van der Waals surface area contributed by atoms with Gasteiger partial charge < -0.3 is 8.23 Å². The van der Waals surface area contributed by atoms with Crippen molar-refractivity contribution in [2.24, 2.45) is 0 Å². The van der Waals surface area contributed by atoms with Gasteiger partial charge in [-0.15, -0.1) is 0 Å². The highest BCUT2D eigenvalue weighted by Gasteiger charge is 2.16. The van der Waals surface area contributed by atoms with E-state index < -0.39 is 27.4 Å². The lowest BCUT2D eigenvalue weighted by molar-refractivity contribution is 0.434. The highest BCUT2D eigenvalue weighted by Crippen LogP contribution is 2.06. The number of unbranched alkanes of at least 4 members (excludes halogenated alkanes) is 1. The fourth-order valence-electron chi connectivity index (χ4n) is 1.15. The highest BCUT2D eigenvalue weighted by molar-refractivity contribution is 6.67. The number of rotatable bonds is 7. The van der Waals surface area contributed by atoms with Crippen LogP contribution in [0.3, 0.4) is 0 Å². The van der Waals surface area contributed by atoms with Crippen LogP contribution in [0.4, 0.5) is 0 Å². The van der Waals surface area contributed by atoms with Crippen LogP contribution < -0.4 is 0 Å². The second kappa shape index (κ2) is 7.93. The maximum atomic E-state index is 5.95. The van der Waals surface area contributed by atoms with Gasteiger partial charge in [-0.2, -0.15) is 0 Å². The van der Waals surface area contributed by atoms with Gasteiger partial charge in [0.25, 0.3) is 9.28 Å². The van der Waals surface area contributed by atoms with Gasteiger partial charge in [-0.25, -0.2) is 0 Å². The third-order valence-corrected chi connectivity index (χ3v) is 9.30. The van der Waals surface area contributed by atoms with Crippen LogP contribution >= 0.6 is 0 Å². The molecule has 0 amide bonds. The molecule has 0 aromatic heterocycles. The summed E-state index contributed by atoms with van der Waals surface area (Å²) in [5.41, 5.74) is 0. The molecule has 0 aliphatic heterocycles. The molecular formula is C8H24O2Si3.